The Bertz CT molecular complexity index is 634. The fraction of sp³-hybridized carbons (Fsp3) is 0.333. The molecule has 1 atom stereocenters. The van der Waals surface area contributed by atoms with E-state index in [1.807, 2.05) is 36.4 Å². The molecule has 0 spiro atoms. The van der Waals surface area contributed by atoms with Crippen molar-refractivity contribution in [2.45, 2.75) is 12.2 Å². The summed E-state index contributed by atoms with van der Waals surface area (Å²) in [7, 11) is 0. The number of nitrogens with zero attached hydrogens (tertiary/aromatic N) is 1. The minimum atomic E-state index is -4.29. The average Bonchev–Trinajstić information content (AvgIpc) is 2.56. The second kappa shape index (κ2) is 6.72. The Hall–Kier alpha value is -1.85. The van der Waals surface area contributed by atoms with Crippen LogP contribution in [0.15, 0.2) is 54.6 Å². The van der Waals surface area contributed by atoms with Gasteiger partial charge in [0.15, 0.2) is 0 Å². The lowest BCUT2D eigenvalue weighted by Crippen LogP contribution is -2.49. The third-order valence-electron chi connectivity index (χ3n) is 4.14. The van der Waals surface area contributed by atoms with E-state index in [1.165, 1.54) is 4.90 Å². The van der Waals surface area contributed by atoms with Crippen LogP contribution in [0, 0.1) is 0 Å². The van der Waals surface area contributed by atoms with Crippen LogP contribution in [0.1, 0.15) is 11.6 Å². The molecular weight excluding hydrogens is 301 g/mol. The average molecular weight is 320 g/mol. The molecule has 1 heterocycles. The van der Waals surface area contributed by atoms with Crippen molar-refractivity contribution in [2.75, 3.05) is 26.2 Å². The van der Waals surface area contributed by atoms with Gasteiger partial charge >= 0.3 is 6.18 Å². The quantitative estimate of drug-likeness (QED) is 0.924. The maximum atomic E-state index is 13.7. The Morgan fingerprint density at radius 1 is 0.870 bits per heavy atom. The topological polar surface area (TPSA) is 15.3 Å². The summed E-state index contributed by atoms with van der Waals surface area (Å²) in [5, 5.41) is 3.10. The van der Waals surface area contributed by atoms with E-state index >= 15 is 0 Å². The van der Waals surface area contributed by atoms with Gasteiger partial charge in [-0.1, -0.05) is 48.5 Å². The smallest absolute Gasteiger partial charge is 0.314 e. The largest absolute Gasteiger partial charge is 0.408 e. The Kier molecular flexibility index (Phi) is 4.68. The minimum Gasteiger partial charge on any atom is -0.314 e. The molecule has 0 amide bonds. The van der Waals surface area contributed by atoms with Gasteiger partial charge in [-0.25, -0.2) is 0 Å². The molecule has 1 saturated heterocycles. The van der Waals surface area contributed by atoms with Crippen LogP contribution < -0.4 is 5.32 Å². The molecule has 122 valence electrons. The Balaban J connectivity index is 1.96. The molecule has 23 heavy (non-hydrogen) atoms. The number of hydrogen-bond acceptors (Lipinski definition) is 2. The molecule has 0 unspecified atom stereocenters. The molecule has 2 aromatic carbocycles. The summed E-state index contributed by atoms with van der Waals surface area (Å²) >= 11 is 0. The van der Waals surface area contributed by atoms with Crippen LogP contribution in [-0.2, 0) is 0 Å². The number of hydrogen-bond donors (Lipinski definition) is 1. The summed E-state index contributed by atoms with van der Waals surface area (Å²) in [6.45, 7) is 1.98. The van der Waals surface area contributed by atoms with Crippen molar-refractivity contribution in [1.82, 2.24) is 10.2 Å². The molecule has 1 N–H and O–H groups in total. The molecule has 0 aromatic heterocycles. The van der Waals surface area contributed by atoms with Crippen LogP contribution in [0.3, 0.4) is 0 Å². The van der Waals surface area contributed by atoms with Gasteiger partial charge in [0.2, 0.25) is 0 Å². The Morgan fingerprint density at radius 3 is 2.17 bits per heavy atom. The maximum Gasteiger partial charge on any atom is 0.408 e. The summed E-state index contributed by atoms with van der Waals surface area (Å²) < 4.78 is 41.0. The summed E-state index contributed by atoms with van der Waals surface area (Å²) in [6, 6.07) is 14.7. The van der Waals surface area contributed by atoms with Crippen LogP contribution in [0.4, 0.5) is 13.2 Å². The summed E-state index contributed by atoms with van der Waals surface area (Å²) in [4.78, 5) is 1.51. The van der Waals surface area contributed by atoms with Gasteiger partial charge in [0, 0.05) is 26.2 Å². The van der Waals surface area contributed by atoms with Crippen LogP contribution in [0.25, 0.3) is 11.1 Å². The zero-order chi connectivity index (χ0) is 16.3. The van der Waals surface area contributed by atoms with Gasteiger partial charge in [0.25, 0.3) is 0 Å². The van der Waals surface area contributed by atoms with Gasteiger partial charge in [-0.3, -0.25) is 4.90 Å². The number of rotatable bonds is 3. The van der Waals surface area contributed by atoms with E-state index in [0.29, 0.717) is 31.7 Å². The lowest BCUT2D eigenvalue weighted by molar-refractivity contribution is -0.187. The van der Waals surface area contributed by atoms with Crippen molar-refractivity contribution in [3.63, 3.8) is 0 Å². The monoisotopic (exact) mass is 320 g/mol. The van der Waals surface area contributed by atoms with Crippen molar-refractivity contribution in [3.8, 4) is 11.1 Å². The van der Waals surface area contributed by atoms with Crippen LogP contribution >= 0.6 is 0 Å². The van der Waals surface area contributed by atoms with Crippen molar-refractivity contribution in [3.05, 3.63) is 60.2 Å². The van der Waals surface area contributed by atoms with Crippen LogP contribution in [0.2, 0.25) is 0 Å². The van der Waals surface area contributed by atoms with Gasteiger partial charge in [-0.05, 0) is 22.8 Å². The third-order valence-corrected chi connectivity index (χ3v) is 4.14. The predicted octanol–water partition coefficient (Wildman–Crippen LogP) is 3.86. The van der Waals surface area contributed by atoms with E-state index in [9.17, 15) is 13.2 Å². The predicted molar refractivity (Wildman–Crippen MR) is 85.1 cm³/mol. The molecule has 3 rings (SSSR count). The first kappa shape index (κ1) is 16.0. The molecule has 2 aromatic rings. The summed E-state index contributed by atoms with van der Waals surface area (Å²) in [5.74, 6) is 0. The van der Waals surface area contributed by atoms with E-state index in [-0.39, 0.29) is 0 Å². The standard InChI is InChI=1S/C18H19F3N2/c19-18(20,21)17(23-11-9-22-10-12-23)16-8-4-7-15(13-16)14-5-2-1-3-6-14/h1-8,13,17,22H,9-12H2/t17-/m0/s1. The number of benzene rings is 2. The molecule has 0 radical (unpaired) electrons. The van der Waals surface area contributed by atoms with Crippen molar-refractivity contribution in [2.24, 2.45) is 0 Å². The molecule has 0 aliphatic carbocycles. The number of piperazine rings is 1. The SMILES string of the molecule is FC(F)(F)[C@H](c1cccc(-c2ccccc2)c1)N1CCNCC1. The molecule has 0 saturated carbocycles. The van der Waals surface area contributed by atoms with Gasteiger partial charge in [-0.15, -0.1) is 0 Å². The number of alkyl halides is 3. The normalized spacial score (nSPS) is 17.9. The number of halogens is 3. The molecule has 1 aliphatic rings. The van der Waals surface area contributed by atoms with Gasteiger partial charge in [0.1, 0.15) is 6.04 Å². The fourth-order valence-electron chi connectivity index (χ4n) is 3.07. The molecule has 1 fully saturated rings. The zero-order valence-corrected chi connectivity index (χ0v) is 12.7. The van der Waals surface area contributed by atoms with E-state index in [4.69, 9.17) is 0 Å². The highest BCUT2D eigenvalue weighted by atomic mass is 19.4. The summed E-state index contributed by atoms with van der Waals surface area (Å²) in [5.41, 5.74) is 2.05. The fourth-order valence-corrected chi connectivity index (χ4v) is 3.07. The second-order valence-electron chi connectivity index (χ2n) is 5.72. The third kappa shape index (κ3) is 3.74. The summed E-state index contributed by atoms with van der Waals surface area (Å²) in [6.07, 6.45) is -4.29. The van der Waals surface area contributed by atoms with Crippen LogP contribution in [0.5, 0.6) is 0 Å². The highest BCUT2D eigenvalue weighted by Crippen LogP contribution is 2.38. The second-order valence-corrected chi connectivity index (χ2v) is 5.72. The van der Waals surface area contributed by atoms with Crippen molar-refractivity contribution < 1.29 is 13.2 Å². The van der Waals surface area contributed by atoms with Crippen molar-refractivity contribution >= 4 is 0 Å². The number of nitrogens with one attached hydrogen (secondary N) is 1. The van der Waals surface area contributed by atoms with Gasteiger partial charge in [-0.2, -0.15) is 13.2 Å². The maximum absolute atomic E-state index is 13.7. The first-order valence-corrected chi connectivity index (χ1v) is 7.72. The van der Waals surface area contributed by atoms with E-state index < -0.39 is 12.2 Å². The molecule has 1 aliphatic heterocycles. The van der Waals surface area contributed by atoms with Gasteiger partial charge < -0.3 is 5.32 Å². The highest BCUT2D eigenvalue weighted by Gasteiger charge is 2.44. The first-order valence-electron chi connectivity index (χ1n) is 7.72. The lowest BCUT2D eigenvalue weighted by atomic mass is 9.98. The first-order chi connectivity index (χ1) is 11.1. The minimum absolute atomic E-state index is 0.306. The Labute approximate surface area is 133 Å². The van der Waals surface area contributed by atoms with E-state index in [0.717, 1.165) is 11.1 Å². The molecule has 0 bridgehead atoms. The molecular formula is C18H19F3N2. The van der Waals surface area contributed by atoms with E-state index in [1.54, 1.807) is 18.2 Å². The molecule has 5 heteroatoms. The Morgan fingerprint density at radius 2 is 1.52 bits per heavy atom. The van der Waals surface area contributed by atoms with Crippen LogP contribution in [-0.4, -0.2) is 37.3 Å². The van der Waals surface area contributed by atoms with E-state index in [2.05, 4.69) is 5.32 Å². The highest BCUT2D eigenvalue weighted by molar-refractivity contribution is 5.64. The molecule has 2 nitrogen and oxygen atoms in total. The lowest BCUT2D eigenvalue weighted by Gasteiger charge is -2.36. The van der Waals surface area contributed by atoms with Crippen molar-refractivity contribution in [1.29, 1.82) is 0 Å². The zero-order valence-electron chi connectivity index (χ0n) is 12.7. The van der Waals surface area contributed by atoms with Gasteiger partial charge in [0.05, 0.1) is 0 Å².